The average molecular weight is 301 g/mol. The summed E-state index contributed by atoms with van der Waals surface area (Å²) in [6.45, 7) is 4.05. The number of nitrogens with zero attached hydrogens (tertiary/aromatic N) is 2. The van der Waals surface area contributed by atoms with E-state index in [1.165, 1.54) is 16.9 Å². The maximum Gasteiger partial charge on any atom is 0.226 e. The molecule has 1 aromatic carbocycles. The Labute approximate surface area is 128 Å². The zero-order valence-electron chi connectivity index (χ0n) is 12.3. The fraction of sp³-hybridized carbons (Fsp3) is 0.438. The molecule has 21 heavy (non-hydrogen) atoms. The Bertz CT molecular complexity index is 632. The van der Waals surface area contributed by atoms with Gasteiger partial charge in [0.25, 0.3) is 0 Å². The molecule has 0 unspecified atom stereocenters. The molecular formula is C16H19N3OS. The van der Waals surface area contributed by atoms with Crippen LogP contribution >= 0.6 is 11.3 Å². The molecule has 1 saturated carbocycles. The van der Waals surface area contributed by atoms with E-state index in [9.17, 15) is 4.79 Å². The molecule has 1 heterocycles. The second kappa shape index (κ2) is 5.56. The first kappa shape index (κ1) is 14.2. The number of amides is 1. The molecule has 3 rings (SSSR count). The van der Waals surface area contributed by atoms with Crippen LogP contribution in [0, 0.1) is 5.92 Å². The first-order valence-electron chi connectivity index (χ1n) is 7.29. The largest absolute Gasteiger partial charge is 0.301 e. The van der Waals surface area contributed by atoms with E-state index in [-0.39, 0.29) is 11.3 Å². The van der Waals surface area contributed by atoms with Gasteiger partial charge in [-0.1, -0.05) is 55.5 Å². The second-order valence-corrected chi connectivity index (χ2v) is 6.98. The van der Waals surface area contributed by atoms with E-state index in [0.29, 0.717) is 17.5 Å². The van der Waals surface area contributed by atoms with E-state index in [0.717, 1.165) is 17.8 Å². The van der Waals surface area contributed by atoms with Gasteiger partial charge in [-0.05, 0) is 24.3 Å². The predicted molar refractivity (Wildman–Crippen MR) is 84.4 cm³/mol. The van der Waals surface area contributed by atoms with Crippen LogP contribution in [0.15, 0.2) is 30.3 Å². The number of benzene rings is 1. The van der Waals surface area contributed by atoms with Crippen molar-refractivity contribution in [2.24, 2.45) is 5.92 Å². The van der Waals surface area contributed by atoms with E-state index in [1.54, 1.807) is 0 Å². The number of hydrogen-bond donors (Lipinski definition) is 1. The number of hydrogen-bond acceptors (Lipinski definition) is 4. The highest BCUT2D eigenvalue weighted by Gasteiger charge is 2.48. The van der Waals surface area contributed by atoms with Crippen molar-refractivity contribution >= 4 is 22.4 Å². The lowest BCUT2D eigenvalue weighted by Crippen LogP contribution is -2.13. The highest BCUT2D eigenvalue weighted by molar-refractivity contribution is 7.15. The minimum atomic E-state index is 0.0114. The number of nitrogens with one attached hydrogen (secondary N) is 1. The Kier molecular flexibility index (Phi) is 3.76. The highest BCUT2D eigenvalue weighted by atomic mass is 32.1. The number of aromatic nitrogens is 2. The van der Waals surface area contributed by atoms with Crippen LogP contribution in [0.4, 0.5) is 5.13 Å². The number of anilines is 1. The third-order valence-electron chi connectivity index (χ3n) is 3.75. The van der Waals surface area contributed by atoms with Crippen LogP contribution in [0.2, 0.25) is 0 Å². The zero-order chi connectivity index (χ0) is 14.9. The molecule has 0 aliphatic heterocycles. The van der Waals surface area contributed by atoms with Crippen molar-refractivity contribution in [1.29, 1.82) is 0 Å². The second-order valence-electron chi connectivity index (χ2n) is 6.01. The molecule has 0 atom stereocenters. The van der Waals surface area contributed by atoms with Gasteiger partial charge in [-0.2, -0.15) is 0 Å². The third-order valence-corrected chi connectivity index (χ3v) is 4.79. The van der Waals surface area contributed by atoms with Crippen molar-refractivity contribution in [3.63, 3.8) is 0 Å². The van der Waals surface area contributed by atoms with E-state index >= 15 is 0 Å². The summed E-state index contributed by atoms with van der Waals surface area (Å²) >= 11 is 1.50. The Hall–Kier alpha value is -1.75. The summed E-state index contributed by atoms with van der Waals surface area (Å²) in [5.74, 6) is 0.355. The molecule has 5 heteroatoms. The number of rotatable bonds is 5. The van der Waals surface area contributed by atoms with E-state index in [1.807, 2.05) is 19.9 Å². The van der Waals surface area contributed by atoms with Gasteiger partial charge in [0.15, 0.2) is 0 Å². The molecule has 1 aliphatic rings. The van der Waals surface area contributed by atoms with Crippen molar-refractivity contribution < 1.29 is 4.79 Å². The van der Waals surface area contributed by atoms with Gasteiger partial charge in [-0.25, -0.2) is 0 Å². The molecule has 0 bridgehead atoms. The van der Waals surface area contributed by atoms with Gasteiger partial charge in [0.05, 0.1) is 0 Å². The standard InChI is InChI=1S/C16H19N3OS/c1-11(2)10-13(20)17-15-19-18-14(21-15)16(8-9-16)12-6-4-3-5-7-12/h3-7,11H,8-10H2,1-2H3,(H,17,19,20). The average Bonchev–Trinajstić information content (AvgIpc) is 3.14. The summed E-state index contributed by atoms with van der Waals surface area (Å²) in [5.41, 5.74) is 1.32. The minimum Gasteiger partial charge on any atom is -0.301 e. The lowest BCUT2D eigenvalue weighted by Gasteiger charge is -2.11. The van der Waals surface area contributed by atoms with Gasteiger partial charge >= 0.3 is 0 Å². The smallest absolute Gasteiger partial charge is 0.226 e. The summed E-state index contributed by atoms with van der Waals surface area (Å²) < 4.78 is 0. The fourth-order valence-electron chi connectivity index (χ4n) is 2.52. The molecule has 4 nitrogen and oxygen atoms in total. The van der Waals surface area contributed by atoms with Crippen molar-refractivity contribution in [3.05, 3.63) is 40.9 Å². The first-order valence-corrected chi connectivity index (χ1v) is 8.11. The molecule has 1 aromatic heterocycles. The summed E-state index contributed by atoms with van der Waals surface area (Å²) in [6.07, 6.45) is 2.72. The summed E-state index contributed by atoms with van der Waals surface area (Å²) in [4.78, 5) is 11.8. The maximum atomic E-state index is 11.8. The van der Waals surface area contributed by atoms with Crippen molar-refractivity contribution in [3.8, 4) is 0 Å². The molecule has 2 aromatic rings. The monoisotopic (exact) mass is 301 g/mol. The number of carbonyl (C=O) groups is 1. The molecule has 0 radical (unpaired) electrons. The van der Waals surface area contributed by atoms with Crippen LogP contribution in [-0.2, 0) is 10.2 Å². The molecule has 1 aliphatic carbocycles. The van der Waals surface area contributed by atoms with Crippen LogP contribution in [0.3, 0.4) is 0 Å². The first-order chi connectivity index (χ1) is 10.1. The van der Waals surface area contributed by atoms with Crippen molar-refractivity contribution in [2.75, 3.05) is 5.32 Å². The fourth-order valence-corrected chi connectivity index (χ4v) is 3.55. The molecule has 1 amide bonds. The van der Waals surface area contributed by atoms with Gasteiger partial charge in [0.1, 0.15) is 5.01 Å². The van der Waals surface area contributed by atoms with Gasteiger partial charge in [0, 0.05) is 11.8 Å². The van der Waals surface area contributed by atoms with E-state index in [4.69, 9.17) is 0 Å². The summed E-state index contributed by atoms with van der Waals surface area (Å²) in [6, 6.07) is 10.4. The third kappa shape index (κ3) is 2.97. The Morgan fingerprint density at radius 3 is 2.62 bits per heavy atom. The molecule has 0 saturated heterocycles. The van der Waals surface area contributed by atoms with Gasteiger partial charge in [-0.3, -0.25) is 4.79 Å². The predicted octanol–water partition coefficient (Wildman–Crippen LogP) is 3.60. The SMILES string of the molecule is CC(C)CC(=O)Nc1nnc(C2(c3ccccc3)CC2)s1. The topological polar surface area (TPSA) is 54.9 Å². The van der Waals surface area contributed by atoms with Crippen LogP contribution in [0.25, 0.3) is 0 Å². The quantitative estimate of drug-likeness (QED) is 0.918. The molecular weight excluding hydrogens is 282 g/mol. The van der Waals surface area contributed by atoms with Crippen LogP contribution < -0.4 is 5.32 Å². The van der Waals surface area contributed by atoms with Crippen LogP contribution in [0.1, 0.15) is 43.7 Å². The Balaban J connectivity index is 1.75. The van der Waals surface area contributed by atoms with Crippen molar-refractivity contribution in [1.82, 2.24) is 10.2 Å². The maximum absolute atomic E-state index is 11.8. The van der Waals surface area contributed by atoms with Crippen LogP contribution in [-0.4, -0.2) is 16.1 Å². The van der Waals surface area contributed by atoms with Gasteiger partial charge in [0.2, 0.25) is 11.0 Å². The highest BCUT2D eigenvalue weighted by Crippen LogP contribution is 2.54. The van der Waals surface area contributed by atoms with Crippen LogP contribution in [0.5, 0.6) is 0 Å². The molecule has 110 valence electrons. The van der Waals surface area contributed by atoms with E-state index < -0.39 is 0 Å². The Morgan fingerprint density at radius 2 is 2.00 bits per heavy atom. The van der Waals surface area contributed by atoms with Gasteiger partial charge in [-0.15, -0.1) is 10.2 Å². The Morgan fingerprint density at radius 1 is 1.29 bits per heavy atom. The molecule has 1 N–H and O–H groups in total. The lowest BCUT2D eigenvalue weighted by molar-refractivity contribution is -0.116. The summed E-state index contributed by atoms with van der Waals surface area (Å²) in [7, 11) is 0. The molecule has 0 spiro atoms. The number of carbonyl (C=O) groups excluding carboxylic acids is 1. The van der Waals surface area contributed by atoms with Crippen molar-refractivity contribution in [2.45, 2.75) is 38.5 Å². The zero-order valence-corrected chi connectivity index (χ0v) is 13.1. The van der Waals surface area contributed by atoms with Gasteiger partial charge < -0.3 is 5.32 Å². The normalized spacial score (nSPS) is 16.0. The lowest BCUT2D eigenvalue weighted by atomic mass is 9.97. The minimum absolute atomic E-state index is 0.0114. The van der Waals surface area contributed by atoms with E-state index in [2.05, 4.69) is 39.8 Å². The summed E-state index contributed by atoms with van der Waals surface area (Å²) in [5, 5.41) is 12.9. The molecule has 1 fully saturated rings.